The maximum atomic E-state index is 5.84. The first kappa shape index (κ1) is 18.0. The molecule has 28 heavy (non-hydrogen) atoms. The predicted octanol–water partition coefficient (Wildman–Crippen LogP) is 2.54. The summed E-state index contributed by atoms with van der Waals surface area (Å²) >= 11 is 0. The lowest BCUT2D eigenvalue weighted by atomic mass is 9.92. The Morgan fingerprint density at radius 2 is 2.21 bits per heavy atom. The molecule has 1 unspecified atom stereocenters. The van der Waals surface area contributed by atoms with Gasteiger partial charge in [-0.2, -0.15) is 5.10 Å². The van der Waals surface area contributed by atoms with E-state index < -0.39 is 0 Å². The Hall–Kier alpha value is -3.42. The van der Waals surface area contributed by atoms with Crippen molar-refractivity contribution in [2.45, 2.75) is 25.9 Å². The monoisotopic (exact) mass is 376 g/mol. The number of allylic oxidation sites excluding steroid dienone is 1. The van der Waals surface area contributed by atoms with E-state index >= 15 is 0 Å². The maximum absolute atomic E-state index is 5.84. The van der Waals surface area contributed by atoms with Crippen LogP contribution < -0.4 is 11.1 Å². The molecule has 0 saturated heterocycles. The highest BCUT2D eigenvalue weighted by atomic mass is 15.4. The molecule has 1 aliphatic heterocycles. The predicted molar refractivity (Wildman–Crippen MR) is 111 cm³/mol. The summed E-state index contributed by atoms with van der Waals surface area (Å²) in [6.45, 7) is 2.78. The molecule has 1 aromatic carbocycles. The lowest BCUT2D eigenvalue weighted by Gasteiger charge is -2.21. The third-order valence-electron chi connectivity index (χ3n) is 5.14. The van der Waals surface area contributed by atoms with Crippen molar-refractivity contribution in [3.8, 4) is 11.3 Å². The average molecular weight is 376 g/mol. The van der Waals surface area contributed by atoms with Gasteiger partial charge in [-0.3, -0.25) is 9.67 Å². The Kier molecular flexibility index (Phi) is 4.68. The highest BCUT2D eigenvalue weighted by Gasteiger charge is 2.26. The number of anilines is 1. The van der Waals surface area contributed by atoms with Crippen LogP contribution in [0.1, 0.15) is 29.3 Å². The second-order valence-corrected chi connectivity index (χ2v) is 6.88. The van der Waals surface area contributed by atoms with Gasteiger partial charge in [0.1, 0.15) is 5.82 Å². The molecule has 0 spiro atoms. The van der Waals surface area contributed by atoms with Crippen molar-refractivity contribution in [1.29, 1.82) is 0 Å². The Morgan fingerprint density at radius 3 is 2.93 bits per heavy atom. The van der Waals surface area contributed by atoms with Gasteiger partial charge in [-0.15, -0.1) is 5.10 Å². The fourth-order valence-electron chi connectivity index (χ4n) is 3.74. The second-order valence-electron chi connectivity index (χ2n) is 6.88. The Balaban J connectivity index is 1.86. The molecule has 3 aromatic rings. The Bertz CT molecular complexity index is 1060. The van der Waals surface area contributed by atoms with Crippen LogP contribution in [0.2, 0.25) is 0 Å². The second kappa shape index (κ2) is 7.30. The van der Waals surface area contributed by atoms with Crippen LogP contribution in [-0.2, 0) is 13.6 Å². The molecule has 3 N–H and O–H groups in total. The number of fused-ring (bicyclic) bond motifs is 3. The van der Waals surface area contributed by atoms with E-state index in [4.69, 9.17) is 5.73 Å². The minimum atomic E-state index is 0.101. The van der Waals surface area contributed by atoms with E-state index in [2.05, 4.69) is 43.9 Å². The summed E-state index contributed by atoms with van der Waals surface area (Å²) in [5.41, 5.74) is 12.1. The van der Waals surface area contributed by atoms with Crippen LogP contribution in [-0.4, -0.2) is 38.0 Å². The first-order chi connectivity index (χ1) is 13.6. The molecule has 0 fully saturated rings. The number of nitrogens with one attached hydrogen (secondary N) is 1. The van der Waals surface area contributed by atoms with E-state index in [0.29, 0.717) is 0 Å². The molecule has 3 heterocycles. The molecule has 2 aromatic heterocycles. The van der Waals surface area contributed by atoms with Crippen LogP contribution >= 0.6 is 0 Å². The number of nitrogens with two attached hydrogens (primary N) is 1. The van der Waals surface area contributed by atoms with E-state index in [1.54, 1.807) is 25.7 Å². The van der Waals surface area contributed by atoms with Crippen LogP contribution in [0.25, 0.3) is 16.8 Å². The molecule has 0 bridgehead atoms. The van der Waals surface area contributed by atoms with Gasteiger partial charge in [-0.25, -0.2) is 4.68 Å². The van der Waals surface area contributed by atoms with Gasteiger partial charge in [0.25, 0.3) is 0 Å². The lowest BCUT2D eigenvalue weighted by Crippen LogP contribution is -2.15. The minimum Gasteiger partial charge on any atom is -0.404 e. The average Bonchev–Trinajstić information content (AvgIpc) is 3.23. The van der Waals surface area contributed by atoms with Gasteiger partial charge in [0.2, 0.25) is 0 Å². The molecule has 8 heteroatoms. The number of aliphatic imine (C=N–C) groups is 1. The zero-order valence-corrected chi connectivity index (χ0v) is 16.3. The smallest absolute Gasteiger partial charge is 0.124 e. The molecular weight excluding hydrogens is 352 g/mol. The fraction of sp³-hybridized carbons (Fsp3) is 0.300. The van der Waals surface area contributed by atoms with E-state index in [9.17, 15) is 0 Å². The van der Waals surface area contributed by atoms with Crippen LogP contribution in [0.15, 0.2) is 41.7 Å². The number of aryl methyl sites for hydroxylation is 3. The number of hydrogen-bond acceptors (Lipinski definition) is 6. The highest BCUT2D eigenvalue weighted by Crippen LogP contribution is 2.38. The maximum Gasteiger partial charge on any atom is 0.124 e. The van der Waals surface area contributed by atoms with Gasteiger partial charge in [-0.05, 0) is 30.5 Å². The normalized spacial score (nSPS) is 16.7. The summed E-state index contributed by atoms with van der Waals surface area (Å²) in [6, 6.07) is 8.47. The van der Waals surface area contributed by atoms with Gasteiger partial charge in [0, 0.05) is 50.3 Å². The van der Waals surface area contributed by atoms with E-state index in [1.807, 2.05) is 29.4 Å². The summed E-state index contributed by atoms with van der Waals surface area (Å²) in [4.78, 5) is 4.12. The van der Waals surface area contributed by atoms with Crippen molar-refractivity contribution in [1.82, 2.24) is 24.8 Å². The summed E-state index contributed by atoms with van der Waals surface area (Å²) in [5.74, 6) is 0.973. The molecule has 144 valence electrons. The minimum absolute atomic E-state index is 0.101. The Morgan fingerprint density at radius 1 is 1.36 bits per heavy atom. The van der Waals surface area contributed by atoms with Crippen molar-refractivity contribution in [3.63, 3.8) is 0 Å². The van der Waals surface area contributed by atoms with E-state index in [1.165, 1.54) is 5.56 Å². The molecule has 0 aliphatic carbocycles. The van der Waals surface area contributed by atoms with Gasteiger partial charge >= 0.3 is 0 Å². The lowest BCUT2D eigenvalue weighted by molar-refractivity contribution is 0.537. The molecule has 1 atom stereocenters. The van der Waals surface area contributed by atoms with Crippen molar-refractivity contribution >= 4 is 17.6 Å². The fourth-order valence-corrected chi connectivity index (χ4v) is 3.74. The third-order valence-corrected chi connectivity index (χ3v) is 5.14. The first-order valence-corrected chi connectivity index (χ1v) is 9.25. The first-order valence-electron chi connectivity index (χ1n) is 9.25. The summed E-state index contributed by atoms with van der Waals surface area (Å²) < 4.78 is 3.83. The SMILES string of the molecule is CN=CC(=CN)c1ccc2c(c1)C(Nc1ccnn1C)CCn1nnc(C)c1-2. The molecule has 1 aliphatic rings. The molecule has 4 rings (SSSR count). The van der Waals surface area contributed by atoms with Gasteiger partial charge in [-0.1, -0.05) is 17.3 Å². The zero-order chi connectivity index (χ0) is 19.7. The summed E-state index contributed by atoms with van der Waals surface area (Å²) in [7, 11) is 3.68. The number of rotatable bonds is 4. The molecule has 0 saturated carbocycles. The number of hydrogen-bond donors (Lipinski definition) is 2. The summed E-state index contributed by atoms with van der Waals surface area (Å²) in [5, 5.41) is 16.5. The van der Waals surface area contributed by atoms with E-state index in [0.717, 1.165) is 46.9 Å². The van der Waals surface area contributed by atoms with Crippen molar-refractivity contribution in [3.05, 3.63) is 53.5 Å². The number of nitrogens with zero attached hydrogens (tertiary/aromatic N) is 6. The zero-order valence-electron chi connectivity index (χ0n) is 16.3. The standard InChI is InChI=1S/C20H24N8/c1-13-20-16-5-4-14(15(11-21)12-22-2)10-17(16)18(7-9-28(20)26-25-13)24-19-6-8-23-27(19)3/h4-6,8,10-12,18,24H,7,9,21H2,1-3H3. The quantitative estimate of drug-likeness (QED) is 0.682. The van der Waals surface area contributed by atoms with Gasteiger partial charge < -0.3 is 11.1 Å². The molecule has 8 nitrogen and oxygen atoms in total. The number of benzene rings is 1. The Labute approximate surface area is 163 Å². The van der Waals surface area contributed by atoms with Gasteiger partial charge in [0.05, 0.1) is 23.6 Å². The van der Waals surface area contributed by atoms with Crippen molar-refractivity contribution < 1.29 is 0 Å². The van der Waals surface area contributed by atoms with E-state index in [-0.39, 0.29) is 6.04 Å². The summed E-state index contributed by atoms with van der Waals surface area (Å²) in [6.07, 6.45) is 6.04. The van der Waals surface area contributed by atoms with Gasteiger partial charge in [0.15, 0.2) is 0 Å². The highest BCUT2D eigenvalue weighted by molar-refractivity contribution is 6.09. The topological polar surface area (TPSA) is 98.9 Å². The van der Waals surface area contributed by atoms with Crippen molar-refractivity contribution in [2.75, 3.05) is 12.4 Å². The van der Waals surface area contributed by atoms with Crippen LogP contribution in [0.4, 0.5) is 5.82 Å². The van der Waals surface area contributed by atoms with Crippen LogP contribution in [0.5, 0.6) is 0 Å². The third kappa shape index (κ3) is 3.06. The van der Waals surface area contributed by atoms with Crippen molar-refractivity contribution in [2.24, 2.45) is 17.8 Å². The van der Waals surface area contributed by atoms with Crippen LogP contribution in [0.3, 0.4) is 0 Å². The molecule has 0 radical (unpaired) electrons. The number of aromatic nitrogens is 5. The largest absolute Gasteiger partial charge is 0.404 e. The molecular formula is C20H24N8. The molecule has 0 amide bonds. The van der Waals surface area contributed by atoms with Crippen LogP contribution in [0, 0.1) is 6.92 Å².